The van der Waals surface area contributed by atoms with Crippen molar-refractivity contribution >= 4 is 37.8 Å². The topological polar surface area (TPSA) is 55.1 Å². The molecule has 0 fully saturated rings. The van der Waals surface area contributed by atoms with Crippen molar-refractivity contribution in [2.75, 3.05) is 0 Å². The Balaban J connectivity index is 2.34. The van der Waals surface area contributed by atoms with Gasteiger partial charge in [0.05, 0.1) is 10.2 Å². The Morgan fingerprint density at radius 1 is 1.28 bits per heavy atom. The first-order valence-corrected chi connectivity index (χ1v) is 6.83. The number of benzene rings is 1. The summed E-state index contributed by atoms with van der Waals surface area (Å²) in [4.78, 5) is 10.8. The van der Waals surface area contributed by atoms with Crippen molar-refractivity contribution < 1.29 is 9.90 Å². The van der Waals surface area contributed by atoms with E-state index >= 15 is 0 Å². The van der Waals surface area contributed by atoms with Crippen molar-refractivity contribution in [3.05, 3.63) is 50.7 Å². The van der Waals surface area contributed by atoms with Crippen molar-refractivity contribution in [2.45, 2.75) is 13.0 Å². The Morgan fingerprint density at radius 2 is 1.94 bits per heavy atom. The van der Waals surface area contributed by atoms with Crippen LogP contribution < -0.4 is 0 Å². The summed E-state index contributed by atoms with van der Waals surface area (Å²) in [7, 11) is 0. The minimum atomic E-state index is -0.910. The molecule has 0 saturated carbocycles. The van der Waals surface area contributed by atoms with E-state index in [0.29, 0.717) is 11.0 Å². The molecule has 0 aliphatic carbocycles. The molecule has 1 aromatic carbocycles. The van der Waals surface area contributed by atoms with Gasteiger partial charge in [0.1, 0.15) is 11.1 Å². The Labute approximate surface area is 121 Å². The first-order valence-electron chi connectivity index (χ1n) is 5.24. The predicted octanol–water partition coefficient (Wildman–Crippen LogP) is 3.08. The van der Waals surface area contributed by atoms with Crippen LogP contribution in [0.3, 0.4) is 0 Å². The van der Waals surface area contributed by atoms with Crippen LogP contribution in [0.25, 0.3) is 0 Å². The molecule has 4 nitrogen and oxygen atoms in total. The quantitative estimate of drug-likeness (QED) is 0.895. The van der Waals surface area contributed by atoms with Crippen LogP contribution in [0, 0.1) is 0 Å². The molecule has 18 heavy (non-hydrogen) atoms. The van der Waals surface area contributed by atoms with E-state index in [1.54, 1.807) is 0 Å². The van der Waals surface area contributed by atoms with Crippen molar-refractivity contribution in [3.8, 4) is 0 Å². The summed E-state index contributed by atoms with van der Waals surface area (Å²) in [5.41, 5.74) is 1.95. The fourth-order valence-corrected chi connectivity index (χ4v) is 2.50. The average molecular weight is 374 g/mol. The first-order chi connectivity index (χ1) is 8.58. The third kappa shape index (κ3) is 3.00. The first kappa shape index (κ1) is 13.3. The van der Waals surface area contributed by atoms with E-state index in [4.69, 9.17) is 5.11 Å². The van der Waals surface area contributed by atoms with Gasteiger partial charge in [-0.3, -0.25) is 9.48 Å². The van der Waals surface area contributed by atoms with Gasteiger partial charge < -0.3 is 5.11 Å². The largest absolute Gasteiger partial charge is 0.480 e. The van der Waals surface area contributed by atoms with Gasteiger partial charge >= 0.3 is 5.97 Å². The third-order valence-corrected chi connectivity index (χ3v) is 4.37. The highest BCUT2D eigenvalue weighted by Crippen LogP contribution is 2.28. The van der Waals surface area contributed by atoms with E-state index in [1.807, 2.05) is 30.3 Å². The standard InChI is InChI=1S/C12H10Br2N2O2/c13-11-9(6-8-4-2-1-3-5-8)16(7-10(17)18)15-12(11)14/h1-5H,6-7H2,(H,17,18). The van der Waals surface area contributed by atoms with Gasteiger partial charge in [0, 0.05) is 6.42 Å². The van der Waals surface area contributed by atoms with Crippen LogP contribution in [-0.2, 0) is 17.8 Å². The Kier molecular flexibility index (Phi) is 4.19. The van der Waals surface area contributed by atoms with Crippen LogP contribution in [0.15, 0.2) is 39.4 Å². The summed E-state index contributed by atoms with van der Waals surface area (Å²) in [6.45, 7) is -0.146. The lowest BCUT2D eigenvalue weighted by molar-refractivity contribution is -0.137. The number of nitrogens with zero attached hydrogens (tertiary/aromatic N) is 2. The molecule has 0 aliphatic rings. The zero-order valence-corrected chi connectivity index (χ0v) is 12.5. The zero-order chi connectivity index (χ0) is 13.1. The second-order valence-corrected chi connectivity index (χ2v) is 5.31. The molecule has 1 heterocycles. The maximum absolute atomic E-state index is 10.8. The maximum atomic E-state index is 10.8. The van der Waals surface area contributed by atoms with Crippen molar-refractivity contribution in [2.24, 2.45) is 0 Å². The number of halogens is 2. The lowest BCUT2D eigenvalue weighted by Crippen LogP contribution is -2.13. The molecule has 0 aliphatic heterocycles. The number of carboxylic acids is 1. The van der Waals surface area contributed by atoms with Crippen LogP contribution in [0.4, 0.5) is 0 Å². The van der Waals surface area contributed by atoms with Gasteiger partial charge in [0.15, 0.2) is 0 Å². The number of rotatable bonds is 4. The van der Waals surface area contributed by atoms with Gasteiger partial charge in [0.25, 0.3) is 0 Å². The number of aliphatic carboxylic acids is 1. The molecule has 2 aromatic rings. The SMILES string of the molecule is O=C(O)Cn1nc(Br)c(Br)c1Cc1ccccc1. The zero-order valence-electron chi connectivity index (χ0n) is 9.31. The summed E-state index contributed by atoms with van der Waals surface area (Å²) in [5.74, 6) is -0.910. The molecule has 0 amide bonds. The average Bonchev–Trinajstić information content (AvgIpc) is 2.58. The summed E-state index contributed by atoms with van der Waals surface area (Å²) in [6.07, 6.45) is 0.632. The molecular formula is C12H10Br2N2O2. The molecule has 1 N–H and O–H groups in total. The number of hydrogen-bond acceptors (Lipinski definition) is 2. The molecule has 1 aromatic heterocycles. The summed E-state index contributed by atoms with van der Waals surface area (Å²) >= 11 is 6.72. The number of carbonyl (C=O) groups is 1. The Hall–Kier alpha value is -1.14. The monoisotopic (exact) mass is 372 g/mol. The second-order valence-electron chi connectivity index (χ2n) is 3.77. The van der Waals surface area contributed by atoms with E-state index in [0.717, 1.165) is 15.7 Å². The lowest BCUT2D eigenvalue weighted by atomic mass is 10.1. The number of carboxylic acid groups (broad SMARTS) is 1. The van der Waals surface area contributed by atoms with Gasteiger partial charge in [0.2, 0.25) is 0 Å². The van der Waals surface area contributed by atoms with E-state index in [9.17, 15) is 4.79 Å². The predicted molar refractivity (Wildman–Crippen MR) is 74.5 cm³/mol. The normalized spacial score (nSPS) is 10.6. The van der Waals surface area contributed by atoms with Crippen LogP contribution in [0.1, 0.15) is 11.3 Å². The molecule has 0 saturated heterocycles. The Morgan fingerprint density at radius 3 is 2.56 bits per heavy atom. The number of aromatic nitrogens is 2. The third-order valence-electron chi connectivity index (χ3n) is 2.45. The summed E-state index contributed by atoms with van der Waals surface area (Å²) in [6, 6.07) is 9.85. The molecule has 2 rings (SSSR count). The minimum Gasteiger partial charge on any atom is -0.480 e. The molecule has 0 unspecified atom stereocenters. The number of hydrogen-bond donors (Lipinski definition) is 1. The second kappa shape index (κ2) is 5.67. The summed E-state index contributed by atoms with van der Waals surface area (Å²) in [5, 5.41) is 13.0. The van der Waals surface area contributed by atoms with E-state index in [-0.39, 0.29) is 6.54 Å². The Bertz CT molecular complexity index is 567. The van der Waals surface area contributed by atoms with Crippen LogP contribution in [0.5, 0.6) is 0 Å². The molecule has 0 bridgehead atoms. The van der Waals surface area contributed by atoms with E-state index < -0.39 is 5.97 Å². The van der Waals surface area contributed by atoms with Gasteiger partial charge in [-0.2, -0.15) is 5.10 Å². The van der Waals surface area contributed by atoms with Crippen LogP contribution >= 0.6 is 31.9 Å². The highest BCUT2D eigenvalue weighted by Gasteiger charge is 2.16. The fraction of sp³-hybridized carbons (Fsp3) is 0.167. The molecule has 0 spiro atoms. The van der Waals surface area contributed by atoms with Crippen LogP contribution in [0.2, 0.25) is 0 Å². The van der Waals surface area contributed by atoms with Crippen molar-refractivity contribution in [3.63, 3.8) is 0 Å². The minimum absolute atomic E-state index is 0.146. The van der Waals surface area contributed by atoms with Gasteiger partial charge in [-0.15, -0.1) is 0 Å². The smallest absolute Gasteiger partial charge is 0.325 e. The molecule has 6 heteroatoms. The lowest BCUT2D eigenvalue weighted by Gasteiger charge is -2.05. The van der Waals surface area contributed by atoms with Gasteiger partial charge in [-0.1, -0.05) is 30.3 Å². The highest BCUT2D eigenvalue weighted by molar-refractivity contribution is 9.13. The molecular weight excluding hydrogens is 364 g/mol. The van der Waals surface area contributed by atoms with E-state index in [1.165, 1.54) is 4.68 Å². The van der Waals surface area contributed by atoms with Crippen molar-refractivity contribution in [1.82, 2.24) is 9.78 Å². The van der Waals surface area contributed by atoms with Gasteiger partial charge in [-0.05, 0) is 37.4 Å². The fourth-order valence-electron chi connectivity index (χ4n) is 1.66. The van der Waals surface area contributed by atoms with Gasteiger partial charge in [-0.25, -0.2) is 0 Å². The van der Waals surface area contributed by atoms with Crippen LogP contribution in [-0.4, -0.2) is 20.9 Å². The van der Waals surface area contributed by atoms with E-state index in [2.05, 4.69) is 37.0 Å². The maximum Gasteiger partial charge on any atom is 0.325 e. The molecule has 0 atom stereocenters. The molecule has 94 valence electrons. The highest BCUT2D eigenvalue weighted by atomic mass is 79.9. The summed E-state index contributed by atoms with van der Waals surface area (Å²) < 4.78 is 2.91. The molecule has 0 radical (unpaired) electrons. The van der Waals surface area contributed by atoms with Crippen molar-refractivity contribution in [1.29, 1.82) is 0 Å².